The van der Waals surface area contributed by atoms with Crippen LogP contribution in [0.15, 0.2) is 0 Å². The minimum atomic E-state index is -4.50. The Balaban J connectivity index is 3.99. The van der Waals surface area contributed by atoms with E-state index in [4.69, 9.17) is 23.6 Å². The Morgan fingerprint density at radius 1 is 0.529 bits per heavy atom. The molecule has 0 spiro atoms. The van der Waals surface area contributed by atoms with E-state index in [2.05, 4.69) is 13.8 Å². The van der Waals surface area contributed by atoms with Crippen molar-refractivity contribution in [2.24, 2.45) is 0 Å². The van der Waals surface area contributed by atoms with E-state index in [-0.39, 0.29) is 25.6 Å². The molecule has 0 saturated carbocycles. The summed E-state index contributed by atoms with van der Waals surface area (Å²) in [5, 5.41) is 18.3. The summed E-state index contributed by atoms with van der Waals surface area (Å²) >= 11 is 0. The lowest BCUT2D eigenvalue weighted by atomic mass is 10.0. The van der Waals surface area contributed by atoms with Crippen molar-refractivity contribution in [3.05, 3.63) is 0 Å². The first-order valence-electron chi connectivity index (χ1n) is 21.5. The Hall–Kier alpha value is -0.540. The van der Waals surface area contributed by atoms with Gasteiger partial charge in [0.25, 0.3) is 0 Å². The number of esters is 1. The first-order chi connectivity index (χ1) is 24.8. The predicted molar refractivity (Wildman–Crippen MR) is 210 cm³/mol. The molecule has 0 aliphatic carbocycles. The molecule has 0 bridgehead atoms. The van der Waals surface area contributed by atoms with Gasteiger partial charge in [-0.1, -0.05) is 194 Å². The zero-order valence-corrected chi connectivity index (χ0v) is 34.2. The molecule has 0 aliphatic rings. The molecule has 0 heterocycles. The second-order valence-corrected chi connectivity index (χ2v) is 16.2. The van der Waals surface area contributed by atoms with Crippen LogP contribution < -0.4 is 0 Å². The first-order valence-corrected chi connectivity index (χ1v) is 23.0. The summed E-state index contributed by atoms with van der Waals surface area (Å²) in [6.45, 7) is 3.54. The third-order valence-electron chi connectivity index (χ3n) is 9.54. The van der Waals surface area contributed by atoms with Crippen molar-refractivity contribution in [1.29, 1.82) is 0 Å². The van der Waals surface area contributed by atoms with Crippen molar-refractivity contribution >= 4 is 13.8 Å². The molecule has 51 heavy (non-hydrogen) atoms. The lowest BCUT2D eigenvalue weighted by molar-refractivity contribution is -0.154. The van der Waals surface area contributed by atoms with Crippen LogP contribution in [0, 0.1) is 0 Å². The minimum Gasteiger partial charge on any atom is -0.457 e. The Bertz CT molecular complexity index is 769. The maximum atomic E-state index is 12.5. The lowest BCUT2D eigenvalue weighted by Gasteiger charge is -2.20. The van der Waals surface area contributed by atoms with E-state index in [1.807, 2.05) is 0 Å². The van der Waals surface area contributed by atoms with Gasteiger partial charge in [-0.25, -0.2) is 4.57 Å². The molecular formula is C41H83O9P. The third kappa shape index (κ3) is 39.0. The molecule has 3 N–H and O–H groups in total. The number of unbranched alkanes of at least 4 members (excludes halogenated alkanes) is 28. The van der Waals surface area contributed by atoms with Crippen LogP contribution in [0.2, 0.25) is 0 Å². The van der Waals surface area contributed by atoms with E-state index < -0.39 is 33.2 Å². The number of aliphatic hydroxyl groups is 2. The van der Waals surface area contributed by atoms with Gasteiger partial charge in [-0.3, -0.25) is 13.8 Å². The van der Waals surface area contributed by atoms with Gasteiger partial charge in [0.05, 0.1) is 26.4 Å². The monoisotopic (exact) mass is 751 g/mol. The molecule has 0 rings (SSSR count). The van der Waals surface area contributed by atoms with E-state index in [0.717, 1.165) is 32.1 Å². The molecular weight excluding hydrogens is 667 g/mol. The molecule has 10 heteroatoms. The number of rotatable bonds is 42. The number of hydrogen-bond donors (Lipinski definition) is 3. The summed E-state index contributed by atoms with van der Waals surface area (Å²) in [6, 6.07) is 0. The van der Waals surface area contributed by atoms with Crippen molar-refractivity contribution < 1.29 is 43.0 Å². The average molecular weight is 751 g/mol. The summed E-state index contributed by atoms with van der Waals surface area (Å²) in [5.74, 6) is -0.381. The van der Waals surface area contributed by atoms with Gasteiger partial charge in [-0.15, -0.1) is 0 Å². The highest BCUT2D eigenvalue weighted by Gasteiger charge is 2.26. The molecule has 0 aliphatic heterocycles. The Labute approximate surface area is 314 Å². The topological polar surface area (TPSA) is 132 Å². The molecule has 0 radical (unpaired) electrons. The largest absolute Gasteiger partial charge is 0.472 e. The van der Waals surface area contributed by atoms with Crippen molar-refractivity contribution in [3.8, 4) is 0 Å². The fourth-order valence-corrected chi connectivity index (χ4v) is 7.03. The maximum absolute atomic E-state index is 12.5. The number of carbonyl (C=O) groups is 1. The van der Waals surface area contributed by atoms with Gasteiger partial charge in [0.2, 0.25) is 0 Å². The molecule has 9 nitrogen and oxygen atoms in total. The quantitative estimate of drug-likeness (QED) is 0.0317. The van der Waals surface area contributed by atoms with Crippen LogP contribution in [0.1, 0.15) is 213 Å². The van der Waals surface area contributed by atoms with Gasteiger partial charge < -0.3 is 24.6 Å². The number of ether oxygens (including phenoxy) is 2. The van der Waals surface area contributed by atoms with Crippen molar-refractivity contribution in [1.82, 2.24) is 0 Å². The highest BCUT2D eigenvalue weighted by Crippen LogP contribution is 2.43. The fourth-order valence-electron chi connectivity index (χ4n) is 6.24. The van der Waals surface area contributed by atoms with E-state index in [1.165, 1.54) is 161 Å². The molecule has 0 saturated heterocycles. The molecule has 306 valence electrons. The zero-order chi connectivity index (χ0) is 37.5. The van der Waals surface area contributed by atoms with Crippen LogP contribution in [-0.2, 0) is 27.9 Å². The molecule has 0 aromatic rings. The van der Waals surface area contributed by atoms with E-state index in [0.29, 0.717) is 6.61 Å². The van der Waals surface area contributed by atoms with E-state index in [1.54, 1.807) is 0 Å². The second-order valence-electron chi connectivity index (χ2n) is 14.7. The Morgan fingerprint density at radius 3 is 1.27 bits per heavy atom. The molecule has 3 atom stereocenters. The fraction of sp³-hybridized carbons (Fsp3) is 0.976. The van der Waals surface area contributed by atoms with Gasteiger partial charge >= 0.3 is 13.8 Å². The molecule has 0 aromatic carbocycles. The number of phosphoric acid groups is 1. The third-order valence-corrected chi connectivity index (χ3v) is 10.5. The zero-order valence-electron chi connectivity index (χ0n) is 33.3. The highest BCUT2D eigenvalue weighted by atomic mass is 31.2. The molecule has 0 fully saturated rings. The number of phosphoric ester groups is 1. The molecule has 0 amide bonds. The molecule has 0 aromatic heterocycles. The van der Waals surface area contributed by atoms with Crippen LogP contribution >= 0.6 is 7.82 Å². The second kappa shape index (κ2) is 39.2. The maximum Gasteiger partial charge on any atom is 0.472 e. The van der Waals surface area contributed by atoms with Crippen molar-refractivity contribution in [2.75, 3.05) is 33.0 Å². The van der Waals surface area contributed by atoms with Crippen LogP contribution in [0.25, 0.3) is 0 Å². The summed E-state index contributed by atoms with van der Waals surface area (Å²) in [6.07, 6.45) is 36.5. The van der Waals surface area contributed by atoms with Crippen molar-refractivity contribution in [3.63, 3.8) is 0 Å². The Kier molecular flexibility index (Phi) is 38.7. The Morgan fingerprint density at radius 2 is 0.882 bits per heavy atom. The van der Waals surface area contributed by atoms with Crippen LogP contribution in [-0.4, -0.2) is 66.3 Å². The normalized spacial score (nSPS) is 14.1. The van der Waals surface area contributed by atoms with E-state index in [9.17, 15) is 19.4 Å². The standard InChI is InChI=1S/C41H83O9P/c1-3-5-7-9-11-13-14-15-16-17-18-19-20-21-22-23-24-26-28-30-32-34-47-37-40(38-49-51(45,46)48-36-39(43)35-42)50-41(44)33-31-29-27-25-12-10-8-6-4-2/h39-40,42-43H,3-38H2,1-2H3,(H,45,46). The minimum absolute atomic E-state index is 0.0575. The van der Waals surface area contributed by atoms with Crippen LogP contribution in [0.4, 0.5) is 0 Å². The number of hydrogen-bond acceptors (Lipinski definition) is 8. The summed E-state index contributed by atoms with van der Waals surface area (Å²) < 4.78 is 33.3. The SMILES string of the molecule is CCCCCCCCCCCCCCCCCCCCCCCOCC(COP(=O)(O)OCC(O)CO)OC(=O)CCCCCCCCCCC. The summed E-state index contributed by atoms with van der Waals surface area (Å²) in [7, 11) is -4.50. The van der Waals surface area contributed by atoms with Gasteiger partial charge in [0, 0.05) is 13.0 Å². The summed E-state index contributed by atoms with van der Waals surface area (Å²) in [5.41, 5.74) is 0. The number of carbonyl (C=O) groups excluding carboxylic acids is 1. The highest BCUT2D eigenvalue weighted by molar-refractivity contribution is 7.47. The van der Waals surface area contributed by atoms with Crippen molar-refractivity contribution in [2.45, 2.75) is 225 Å². The van der Waals surface area contributed by atoms with Crippen LogP contribution in [0.5, 0.6) is 0 Å². The van der Waals surface area contributed by atoms with Crippen LogP contribution in [0.3, 0.4) is 0 Å². The van der Waals surface area contributed by atoms with Gasteiger partial charge in [-0.05, 0) is 12.8 Å². The van der Waals surface area contributed by atoms with Gasteiger partial charge in [-0.2, -0.15) is 0 Å². The lowest BCUT2D eigenvalue weighted by Crippen LogP contribution is -2.29. The smallest absolute Gasteiger partial charge is 0.457 e. The van der Waals surface area contributed by atoms with Gasteiger partial charge in [0.15, 0.2) is 0 Å². The predicted octanol–water partition coefficient (Wildman–Crippen LogP) is 11.5. The summed E-state index contributed by atoms with van der Waals surface area (Å²) in [4.78, 5) is 22.4. The number of aliphatic hydroxyl groups excluding tert-OH is 2. The first kappa shape index (κ1) is 50.5. The molecule has 3 unspecified atom stereocenters. The van der Waals surface area contributed by atoms with E-state index >= 15 is 0 Å². The van der Waals surface area contributed by atoms with Gasteiger partial charge in [0.1, 0.15) is 12.2 Å². The average Bonchev–Trinajstić information content (AvgIpc) is 3.12.